The molecular formula is C18H20O4. The van der Waals surface area contributed by atoms with Gasteiger partial charge in [0.05, 0.1) is 19.3 Å². The van der Waals surface area contributed by atoms with E-state index in [-0.39, 0.29) is 23.7 Å². The molecule has 0 aliphatic carbocycles. The Hall–Kier alpha value is -2.20. The first kappa shape index (κ1) is 14.7. The van der Waals surface area contributed by atoms with Gasteiger partial charge in [-0.1, -0.05) is 25.1 Å². The molecule has 0 saturated heterocycles. The number of methoxy groups -OCH3 is 1. The molecule has 1 aliphatic heterocycles. The van der Waals surface area contributed by atoms with Crippen molar-refractivity contribution in [3.8, 4) is 17.2 Å². The van der Waals surface area contributed by atoms with Crippen LogP contribution in [-0.4, -0.2) is 17.3 Å². The fourth-order valence-corrected chi connectivity index (χ4v) is 3.02. The van der Waals surface area contributed by atoms with Crippen LogP contribution in [0.2, 0.25) is 0 Å². The first-order chi connectivity index (χ1) is 10.6. The van der Waals surface area contributed by atoms with E-state index in [2.05, 4.69) is 0 Å². The topological polar surface area (TPSA) is 58.9 Å². The standard InChI is InChI=1S/C18H20O4/c1-3-16-13-7-8-15(19)18(20)14(13)10-17(22-16)11-5-4-6-12(9-11)21-2/h4-9,16-17,19-20H,3,10H2,1-2H3. The van der Waals surface area contributed by atoms with Crippen LogP contribution in [0, 0.1) is 0 Å². The van der Waals surface area contributed by atoms with Crippen LogP contribution in [0.5, 0.6) is 17.2 Å². The van der Waals surface area contributed by atoms with Crippen LogP contribution in [0.4, 0.5) is 0 Å². The molecule has 3 rings (SSSR count). The summed E-state index contributed by atoms with van der Waals surface area (Å²) < 4.78 is 11.5. The van der Waals surface area contributed by atoms with Crippen molar-refractivity contribution in [2.45, 2.75) is 32.0 Å². The Labute approximate surface area is 129 Å². The molecule has 116 valence electrons. The minimum absolute atomic E-state index is 0.0350. The normalized spacial score (nSPS) is 20.5. The molecule has 2 unspecified atom stereocenters. The number of hydrogen-bond acceptors (Lipinski definition) is 4. The zero-order chi connectivity index (χ0) is 15.7. The van der Waals surface area contributed by atoms with Crippen LogP contribution in [-0.2, 0) is 11.2 Å². The summed E-state index contributed by atoms with van der Waals surface area (Å²) in [4.78, 5) is 0. The molecular weight excluding hydrogens is 280 g/mol. The molecule has 4 heteroatoms. The predicted octanol–water partition coefficient (Wildman–Crippen LogP) is 3.87. The summed E-state index contributed by atoms with van der Waals surface area (Å²) in [6, 6.07) is 11.1. The van der Waals surface area contributed by atoms with Crippen LogP contribution in [0.25, 0.3) is 0 Å². The van der Waals surface area contributed by atoms with Gasteiger partial charge in [-0.15, -0.1) is 0 Å². The summed E-state index contributed by atoms with van der Waals surface area (Å²) in [5, 5.41) is 20.0. The van der Waals surface area contributed by atoms with Crippen molar-refractivity contribution in [3.05, 3.63) is 53.1 Å². The third-order valence-corrected chi connectivity index (χ3v) is 4.20. The molecule has 1 aliphatic rings. The minimum atomic E-state index is -0.166. The van der Waals surface area contributed by atoms with Gasteiger partial charge in [-0.3, -0.25) is 0 Å². The number of phenolic OH excluding ortho intramolecular Hbond substituents is 2. The van der Waals surface area contributed by atoms with E-state index in [1.165, 1.54) is 6.07 Å². The molecule has 0 saturated carbocycles. The minimum Gasteiger partial charge on any atom is -0.504 e. The van der Waals surface area contributed by atoms with Gasteiger partial charge in [0.15, 0.2) is 11.5 Å². The Kier molecular flexibility index (Phi) is 3.94. The third-order valence-electron chi connectivity index (χ3n) is 4.20. The molecule has 0 radical (unpaired) electrons. The number of hydrogen-bond donors (Lipinski definition) is 2. The monoisotopic (exact) mass is 300 g/mol. The van der Waals surface area contributed by atoms with Crippen molar-refractivity contribution in [2.75, 3.05) is 7.11 Å². The molecule has 1 heterocycles. The molecule has 0 bridgehead atoms. The van der Waals surface area contributed by atoms with Gasteiger partial charge < -0.3 is 19.7 Å². The number of ether oxygens (including phenoxy) is 2. The van der Waals surface area contributed by atoms with Gasteiger partial charge in [0.2, 0.25) is 0 Å². The van der Waals surface area contributed by atoms with Crippen molar-refractivity contribution < 1.29 is 19.7 Å². The number of fused-ring (bicyclic) bond motifs is 1. The van der Waals surface area contributed by atoms with Crippen LogP contribution < -0.4 is 4.74 Å². The smallest absolute Gasteiger partial charge is 0.161 e. The van der Waals surface area contributed by atoms with Crippen molar-refractivity contribution in [1.29, 1.82) is 0 Å². The Morgan fingerprint density at radius 3 is 2.77 bits per heavy atom. The fraction of sp³-hybridized carbons (Fsp3) is 0.333. The van der Waals surface area contributed by atoms with Gasteiger partial charge >= 0.3 is 0 Å². The van der Waals surface area contributed by atoms with Gasteiger partial charge in [0.1, 0.15) is 5.75 Å². The molecule has 4 nitrogen and oxygen atoms in total. The summed E-state index contributed by atoms with van der Waals surface area (Å²) >= 11 is 0. The zero-order valence-electron chi connectivity index (χ0n) is 12.7. The van der Waals surface area contributed by atoms with E-state index in [1.54, 1.807) is 7.11 Å². The van der Waals surface area contributed by atoms with Crippen molar-refractivity contribution >= 4 is 0 Å². The SMILES string of the molecule is CCC1OC(c2cccc(OC)c2)Cc2c1ccc(O)c2O. The number of benzene rings is 2. The second-order valence-electron chi connectivity index (χ2n) is 5.50. The van der Waals surface area contributed by atoms with Crippen molar-refractivity contribution in [2.24, 2.45) is 0 Å². The van der Waals surface area contributed by atoms with Gasteiger partial charge in [0, 0.05) is 12.0 Å². The van der Waals surface area contributed by atoms with Crippen LogP contribution in [0.3, 0.4) is 0 Å². The van der Waals surface area contributed by atoms with Crippen LogP contribution in [0.1, 0.15) is 42.2 Å². The van der Waals surface area contributed by atoms with E-state index in [0.29, 0.717) is 6.42 Å². The molecule has 0 spiro atoms. The second kappa shape index (κ2) is 5.89. The summed E-state index contributed by atoms with van der Waals surface area (Å²) in [7, 11) is 1.63. The molecule has 0 amide bonds. The molecule has 2 aromatic rings. The lowest BCUT2D eigenvalue weighted by Crippen LogP contribution is -2.20. The Balaban J connectivity index is 2.01. The maximum absolute atomic E-state index is 10.2. The average Bonchev–Trinajstić information content (AvgIpc) is 2.57. The maximum atomic E-state index is 10.2. The van der Waals surface area contributed by atoms with Gasteiger partial charge in [0.25, 0.3) is 0 Å². The lowest BCUT2D eigenvalue weighted by molar-refractivity contribution is -0.0300. The summed E-state index contributed by atoms with van der Waals surface area (Å²) in [6.07, 6.45) is 1.07. The maximum Gasteiger partial charge on any atom is 0.161 e. The van der Waals surface area contributed by atoms with Gasteiger partial charge in [-0.05, 0) is 35.7 Å². The lowest BCUT2D eigenvalue weighted by Gasteiger charge is -2.32. The predicted molar refractivity (Wildman–Crippen MR) is 83.3 cm³/mol. The van der Waals surface area contributed by atoms with Crippen molar-refractivity contribution in [3.63, 3.8) is 0 Å². The van der Waals surface area contributed by atoms with E-state index in [0.717, 1.165) is 28.9 Å². The van der Waals surface area contributed by atoms with Crippen LogP contribution in [0.15, 0.2) is 36.4 Å². The fourth-order valence-electron chi connectivity index (χ4n) is 3.02. The summed E-state index contributed by atoms with van der Waals surface area (Å²) in [5.41, 5.74) is 2.73. The first-order valence-electron chi connectivity index (χ1n) is 7.47. The summed E-state index contributed by atoms with van der Waals surface area (Å²) in [5.74, 6) is 0.659. The van der Waals surface area contributed by atoms with Gasteiger partial charge in [-0.25, -0.2) is 0 Å². The van der Waals surface area contributed by atoms with E-state index in [4.69, 9.17) is 9.47 Å². The Morgan fingerprint density at radius 1 is 1.23 bits per heavy atom. The molecule has 0 fully saturated rings. The first-order valence-corrected chi connectivity index (χ1v) is 7.47. The highest BCUT2D eigenvalue weighted by Crippen LogP contribution is 2.45. The number of phenols is 2. The lowest BCUT2D eigenvalue weighted by atomic mass is 9.89. The Bertz CT molecular complexity index is 681. The highest BCUT2D eigenvalue weighted by molar-refractivity contribution is 5.51. The molecule has 2 N–H and O–H groups in total. The molecule has 22 heavy (non-hydrogen) atoms. The zero-order valence-corrected chi connectivity index (χ0v) is 12.7. The van der Waals surface area contributed by atoms with Crippen LogP contribution >= 0.6 is 0 Å². The van der Waals surface area contributed by atoms with Gasteiger partial charge in [-0.2, -0.15) is 0 Å². The van der Waals surface area contributed by atoms with E-state index in [1.807, 2.05) is 37.3 Å². The molecule has 2 atom stereocenters. The molecule has 0 aromatic heterocycles. The second-order valence-corrected chi connectivity index (χ2v) is 5.50. The largest absolute Gasteiger partial charge is 0.504 e. The van der Waals surface area contributed by atoms with E-state index < -0.39 is 0 Å². The number of aromatic hydroxyl groups is 2. The number of rotatable bonds is 3. The average molecular weight is 300 g/mol. The van der Waals surface area contributed by atoms with E-state index >= 15 is 0 Å². The summed E-state index contributed by atoms with van der Waals surface area (Å²) in [6.45, 7) is 2.05. The highest BCUT2D eigenvalue weighted by Gasteiger charge is 2.30. The third kappa shape index (κ3) is 2.50. The van der Waals surface area contributed by atoms with E-state index in [9.17, 15) is 10.2 Å². The Morgan fingerprint density at radius 2 is 2.05 bits per heavy atom. The van der Waals surface area contributed by atoms with Crippen molar-refractivity contribution in [1.82, 2.24) is 0 Å². The quantitative estimate of drug-likeness (QED) is 0.845. The molecule has 2 aromatic carbocycles. The highest BCUT2D eigenvalue weighted by atomic mass is 16.5.